The fraction of sp³-hybridized carbons (Fsp3) is 0.533. The van der Waals surface area contributed by atoms with Crippen LogP contribution in [0.25, 0.3) is 0 Å². The standard InChI is InChI=1S/C8H12INO2.C7H7IO4/c1-2-3-7-12-8(11)10-6-4-5-9;1-2-3-12-6(9)4-5(8)7(10)11/h2-3,6-7H2,1H3,(H,10,11);1,5H,3-4H2,(H,10,11). The van der Waals surface area contributed by atoms with E-state index in [2.05, 4.69) is 25.8 Å². The number of amides is 1. The molecule has 0 aliphatic heterocycles. The van der Waals surface area contributed by atoms with Crippen LogP contribution >= 0.6 is 45.2 Å². The molecule has 0 rings (SSSR count). The molecule has 0 aromatic heterocycles. The number of hydrogen-bond donors (Lipinski definition) is 2. The van der Waals surface area contributed by atoms with E-state index in [1.54, 1.807) is 22.6 Å². The van der Waals surface area contributed by atoms with Crippen LogP contribution in [0.15, 0.2) is 0 Å². The van der Waals surface area contributed by atoms with Crippen molar-refractivity contribution >= 4 is 63.2 Å². The number of alkyl carbamates (subject to hydrolysis) is 1. The van der Waals surface area contributed by atoms with Gasteiger partial charge in [-0.15, -0.1) is 6.42 Å². The van der Waals surface area contributed by atoms with Crippen molar-refractivity contribution in [2.75, 3.05) is 19.8 Å². The van der Waals surface area contributed by atoms with Crippen LogP contribution in [0.4, 0.5) is 4.79 Å². The monoisotopic (exact) mass is 563 g/mol. The molecule has 0 aromatic carbocycles. The maximum absolute atomic E-state index is 10.8. The van der Waals surface area contributed by atoms with Crippen molar-refractivity contribution in [1.29, 1.82) is 0 Å². The Morgan fingerprint density at radius 2 is 2.00 bits per heavy atom. The minimum absolute atomic E-state index is 0.109. The third-order valence-corrected chi connectivity index (χ3v) is 3.40. The average Bonchev–Trinajstić information content (AvgIpc) is 2.54. The first kappa shape index (κ1) is 25.0. The molecule has 24 heavy (non-hydrogen) atoms. The fourth-order valence-corrected chi connectivity index (χ4v) is 1.48. The highest BCUT2D eigenvalue weighted by Crippen LogP contribution is 2.06. The van der Waals surface area contributed by atoms with Gasteiger partial charge in [-0.1, -0.05) is 47.8 Å². The molecule has 0 radical (unpaired) electrons. The number of halogens is 2. The first-order valence-corrected chi connectivity index (χ1v) is 9.16. The van der Waals surface area contributed by atoms with Gasteiger partial charge in [-0.05, 0) is 10.3 Å². The number of terminal acetylenes is 1. The molecule has 0 fully saturated rings. The van der Waals surface area contributed by atoms with E-state index in [-0.39, 0.29) is 19.1 Å². The molecule has 1 amide bonds. The molecule has 0 aliphatic rings. The average molecular weight is 563 g/mol. The summed E-state index contributed by atoms with van der Waals surface area (Å²) in [6, 6.07) is 0. The molecule has 1 unspecified atom stereocenters. The second-order valence-electron chi connectivity index (χ2n) is 3.99. The van der Waals surface area contributed by atoms with Crippen molar-refractivity contribution in [3.8, 4) is 22.2 Å². The van der Waals surface area contributed by atoms with Crippen LogP contribution in [-0.4, -0.2) is 46.8 Å². The zero-order valence-electron chi connectivity index (χ0n) is 13.1. The number of alkyl halides is 1. The molecule has 0 saturated carbocycles. The van der Waals surface area contributed by atoms with Gasteiger partial charge >= 0.3 is 18.0 Å². The highest BCUT2D eigenvalue weighted by Gasteiger charge is 2.17. The summed E-state index contributed by atoms with van der Waals surface area (Å²) >= 11 is 3.56. The summed E-state index contributed by atoms with van der Waals surface area (Å²) in [5.41, 5.74) is 0. The number of carbonyl (C=O) groups is 3. The molecule has 0 aliphatic carbocycles. The maximum atomic E-state index is 10.8. The minimum Gasteiger partial charge on any atom is -0.480 e. The third kappa shape index (κ3) is 18.8. The molecule has 2 N–H and O–H groups in total. The number of aliphatic carboxylic acids is 1. The van der Waals surface area contributed by atoms with Crippen molar-refractivity contribution < 1.29 is 29.0 Å². The zero-order valence-corrected chi connectivity index (χ0v) is 17.5. The molecular weight excluding hydrogens is 544 g/mol. The summed E-state index contributed by atoms with van der Waals surface area (Å²) in [5.74, 6) is 3.18. The number of rotatable bonds is 8. The third-order valence-electron chi connectivity index (χ3n) is 2.05. The smallest absolute Gasteiger partial charge is 0.407 e. The van der Waals surface area contributed by atoms with Crippen molar-refractivity contribution in [2.24, 2.45) is 0 Å². The van der Waals surface area contributed by atoms with Gasteiger partial charge in [0.25, 0.3) is 0 Å². The Bertz CT molecular complexity index is 492. The number of esters is 1. The number of carboxylic acids is 1. The van der Waals surface area contributed by atoms with Gasteiger partial charge in [0.15, 0.2) is 6.61 Å². The van der Waals surface area contributed by atoms with Gasteiger partial charge in [-0.3, -0.25) is 9.59 Å². The number of carboxylic acid groups (broad SMARTS) is 1. The van der Waals surface area contributed by atoms with E-state index in [4.69, 9.17) is 16.3 Å². The molecule has 0 aromatic rings. The minimum atomic E-state index is -1.03. The van der Waals surface area contributed by atoms with E-state index >= 15 is 0 Å². The lowest BCUT2D eigenvalue weighted by atomic mass is 10.3. The molecule has 7 nitrogen and oxygen atoms in total. The fourth-order valence-electron chi connectivity index (χ4n) is 0.925. The van der Waals surface area contributed by atoms with Crippen LogP contribution in [0.2, 0.25) is 0 Å². The van der Waals surface area contributed by atoms with Gasteiger partial charge in [-0.25, -0.2) is 4.79 Å². The Hall–Kier alpha value is -1.21. The summed E-state index contributed by atoms with van der Waals surface area (Å²) in [4.78, 5) is 31.8. The van der Waals surface area contributed by atoms with Gasteiger partial charge in [-0.2, -0.15) is 0 Å². The van der Waals surface area contributed by atoms with E-state index in [0.29, 0.717) is 13.2 Å². The lowest BCUT2D eigenvalue weighted by Gasteiger charge is -2.02. The van der Waals surface area contributed by atoms with E-state index in [1.165, 1.54) is 0 Å². The van der Waals surface area contributed by atoms with Crippen molar-refractivity contribution in [1.82, 2.24) is 5.32 Å². The Labute approximate surface area is 168 Å². The molecule has 9 heteroatoms. The SMILES string of the molecule is C#CCOC(=O)CC(I)C(=O)O.CCCCOC(=O)NCC#CI. The summed E-state index contributed by atoms with van der Waals surface area (Å²) in [6.07, 6.45) is 6.22. The highest BCUT2D eigenvalue weighted by molar-refractivity contribution is 14.1. The Balaban J connectivity index is 0. The van der Waals surface area contributed by atoms with E-state index in [9.17, 15) is 14.4 Å². The zero-order chi connectivity index (χ0) is 18.8. The molecular formula is C15H19I2NO6. The van der Waals surface area contributed by atoms with Gasteiger partial charge < -0.3 is 19.9 Å². The van der Waals surface area contributed by atoms with Gasteiger partial charge in [0.1, 0.15) is 3.92 Å². The second-order valence-corrected chi connectivity index (χ2v) is 6.03. The van der Waals surface area contributed by atoms with Gasteiger partial charge in [0.2, 0.25) is 0 Å². The lowest BCUT2D eigenvalue weighted by Crippen LogP contribution is -2.24. The molecule has 0 saturated heterocycles. The summed E-state index contributed by atoms with van der Waals surface area (Å²) in [7, 11) is 0. The van der Waals surface area contributed by atoms with Crippen LogP contribution in [-0.2, 0) is 19.1 Å². The van der Waals surface area contributed by atoms with Crippen molar-refractivity contribution in [3.63, 3.8) is 0 Å². The highest BCUT2D eigenvalue weighted by atomic mass is 127. The maximum Gasteiger partial charge on any atom is 0.407 e. The van der Waals surface area contributed by atoms with Crippen molar-refractivity contribution in [2.45, 2.75) is 30.1 Å². The lowest BCUT2D eigenvalue weighted by molar-refractivity contribution is -0.145. The summed E-state index contributed by atoms with van der Waals surface area (Å²) < 4.78 is 11.2. The van der Waals surface area contributed by atoms with Crippen LogP contribution in [0.3, 0.4) is 0 Å². The predicted molar refractivity (Wildman–Crippen MR) is 106 cm³/mol. The van der Waals surface area contributed by atoms with E-state index in [1.807, 2.05) is 29.5 Å². The van der Waals surface area contributed by atoms with E-state index in [0.717, 1.165) is 12.8 Å². The van der Waals surface area contributed by atoms with Gasteiger partial charge in [0, 0.05) is 22.6 Å². The second kappa shape index (κ2) is 18.1. The number of nitrogens with one attached hydrogen (secondary N) is 1. The molecule has 0 heterocycles. The number of unbranched alkanes of at least 4 members (excludes halogenated alkanes) is 1. The van der Waals surface area contributed by atoms with Gasteiger partial charge in [0.05, 0.1) is 19.6 Å². The normalized spacial score (nSPS) is 9.75. The quantitative estimate of drug-likeness (QED) is 0.155. The van der Waals surface area contributed by atoms with Crippen LogP contribution in [0, 0.1) is 22.2 Å². The molecule has 0 spiro atoms. The topological polar surface area (TPSA) is 102 Å². The number of hydrogen-bond acceptors (Lipinski definition) is 5. The molecule has 1 atom stereocenters. The first-order valence-electron chi connectivity index (χ1n) is 6.84. The van der Waals surface area contributed by atoms with Crippen LogP contribution < -0.4 is 5.32 Å². The predicted octanol–water partition coefficient (Wildman–Crippen LogP) is 2.35. The van der Waals surface area contributed by atoms with E-state index < -0.39 is 15.9 Å². The first-order chi connectivity index (χ1) is 11.4. The largest absolute Gasteiger partial charge is 0.480 e. The Morgan fingerprint density at radius 1 is 1.33 bits per heavy atom. The molecule has 134 valence electrons. The van der Waals surface area contributed by atoms with Crippen molar-refractivity contribution in [3.05, 3.63) is 0 Å². The number of carbonyl (C=O) groups excluding carboxylic acids is 2. The Kier molecular flexibility index (Phi) is 18.9. The summed E-state index contributed by atoms with van der Waals surface area (Å²) in [5, 5.41) is 10.9. The molecule has 0 bridgehead atoms. The summed E-state index contributed by atoms with van der Waals surface area (Å²) in [6.45, 7) is 2.78. The Morgan fingerprint density at radius 3 is 2.50 bits per heavy atom. The van der Waals surface area contributed by atoms with Crippen LogP contribution in [0.1, 0.15) is 26.2 Å². The number of ether oxygens (including phenoxy) is 2. The van der Waals surface area contributed by atoms with Crippen LogP contribution in [0.5, 0.6) is 0 Å².